The summed E-state index contributed by atoms with van der Waals surface area (Å²) in [6, 6.07) is 17.9. The fourth-order valence-electron chi connectivity index (χ4n) is 5.12. The van der Waals surface area contributed by atoms with Crippen LogP contribution in [0.1, 0.15) is 60.0 Å². The van der Waals surface area contributed by atoms with Crippen LogP contribution >= 0.6 is 0 Å². The summed E-state index contributed by atoms with van der Waals surface area (Å²) >= 11 is 0. The van der Waals surface area contributed by atoms with E-state index in [1.807, 2.05) is 80.5 Å². The Balaban J connectivity index is 1.12. The van der Waals surface area contributed by atoms with Crippen LogP contribution in [0.5, 0.6) is 0 Å². The Morgan fingerprint density at radius 2 is 1.70 bits per heavy atom. The lowest BCUT2D eigenvalue weighted by Crippen LogP contribution is -2.41. The first kappa shape index (κ1) is 24.7. The fraction of sp³-hybridized carbons (Fsp3) is 0.379. The van der Waals surface area contributed by atoms with Crippen molar-refractivity contribution in [2.45, 2.75) is 57.2 Å². The third-order valence-electron chi connectivity index (χ3n) is 7.43. The average Bonchev–Trinajstić information content (AvgIpc) is 3.26. The van der Waals surface area contributed by atoms with Crippen LogP contribution in [0, 0.1) is 0 Å². The number of nitrogens with one attached hydrogen (secondary N) is 2. The largest absolute Gasteiger partial charge is 0.363 e. The molecule has 0 spiro atoms. The molecule has 5 rings (SSSR count). The quantitative estimate of drug-likeness (QED) is 0.504. The van der Waals surface area contributed by atoms with Gasteiger partial charge >= 0.3 is 0 Å². The van der Waals surface area contributed by atoms with Crippen LogP contribution in [0.25, 0.3) is 0 Å². The van der Waals surface area contributed by atoms with Crippen LogP contribution in [0.4, 0.5) is 17.5 Å². The van der Waals surface area contributed by atoms with Gasteiger partial charge in [-0.1, -0.05) is 30.3 Å². The lowest BCUT2D eigenvalue weighted by atomic mass is 9.90. The minimum atomic E-state index is -0.265. The standard InChI is InChI=1S/C29H34N6O2/c1-19(20-8-14-24(15-9-20)35-18-21-6-4-5-7-25(21)28(35)37)27(36)31-22-10-12-23(13-11-22)32-29-30-17-16-26(33-29)34(2)3/h4-9,14-17,19,22-23H,10-13,18H2,1-3H3,(H,31,36)(H,30,32,33). The molecule has 37 heavy (non-hydrogen) atoms. The molecular formula is C29H34N6O2. The molecule has 8 nitrogen and oxygen atoms in total. The molecule has 2 heterocycles. The van der Waals surface area contributed by atoms with E-state index in [0.29, 0.717) is 18.5 Å². The van der Waals surface area contributed by atoms with E-state index in [-0.39, 0.29) is 23.8 Å². The van der Waals surface area contributed by atoms with Crippen LogP contribution in [0.3, 0.4) is 0 Å². The van der Waals surface area contributed by atoms with Gasteiger partial charge in [-0.25, -0.2) is 4.98 Å². The molecule has 1 aliphatic heterocycles. The normalized spacial score (nSPS) is 19.8. The highest BCUT2D eigenvalue weighted by Gasteiger charge is 2.29. The second-order valence-electron chi connectivity index (χ2n) is 10.2. The van der Waals surface area contributed by atoms with Crippen molar-refractivity contribution in [2.75, 3.05) is 29.2 Å². The van der Waals surface area contributed by atoms with E-state index in [1.54, 1.807) is 11.1 Å². The molecule has 1 aliphatic carbocycles. The van der Waals surface area contributed by atoms with E-state index < -0.39 is 0 Å². The Labute approximate surface area is 218 Å². The van der Waals surface area contributed by atoms with Gasteiger partial charge in [0.2, 0.25) is 11.9 Å². The highest BCUT2D eigenvalue weighted by Crippen LogP contribution is 2.30. The summed E-state index contributed by atoms with van der Waals surface area (Å²) in [4.78, 5) is 38.4. The number of nitrogens with zero attached hydrogens (tertiary/aromatic N) is 4. The monoisotopic (exact) mass is 498 g/mol. The summed E-state index contributed by atoms with van der Waals surface area (Å²) in [7, 11) is 3.92. The number of hydrogen-bond acceptors (Lipinski definition) is 6. The zero-order valence-electron chi connectivity index (χ0n) is 21.6. The second kappa shape index (κ2) is 10.6. The molecule has 2 aromatic carbocycles. The third kappa shape index (κ3) is 5.43. The third-order valence-corrected chi connectivity index (χ3v) is 7.43. The Bertz CT molecular complexity index is 1270. The predicted molar refractivity (Wildman–Crippen MR) is 146 cm³/mol. The maximum Gasteiger partial charge on any atom is 0.258 e. The van der Waals surface area contributed by atoms with Crippen LogP contribution in [-0.4, -0.2) is 48.0 Å². The minimum absolute atomic E-state index is 0.0243. The molecule has 2 amide bonds. The number of fused-ring (bicyclic) bond motifs is 1. The Morgan fingerprint density at radius 1 is 1.00 bits per heavy atom. The van der Waals surface area contributed by atoms with Crippen molar-refractivity contribution in [3.8, 4) is 0 Å². The molecule has 0 bridgehead atoms. The van der Waals surface area contributed by atoms with Gasteiger partial charge in [0.1, 0.15) is 5.82 Å². The van der Waals surface area contributed by atoms with E-state index in [9.17, 15) is 9.59 Å². The Morgan fingerprint density at radius 3 is 2.41 bits per heavy atom. The minimum Gasteiger partial charge on any atom is -0.363 e. The molecule has 192 valence electrons. The highest BCUT2D eigenvalue weighted by molar-refractivity contribution is 6.10. The van der Waals surface area contributed by atoms with E-state index >= 15 is 0 Å². The van der Waals surface area contributed by atoms with Crippen molar-refractivity contribution in [3.05, 3.63) is 77.5 Å². The first-order valence-corrected chi connectivity index (χ1v) is 13.0. The van der Waals surface area contributed by atoms with Gasteiger partial charge in [-0.15, -0.1) is 0 Å². The van der Waals surface area contributed by atoms with Crippen molar-refractivity contribution in [1.29, 1.82) is 0 Å². The topological polar surface area (TPSA) is 90.5 Å². The molecule has 0 saturated heterocycles. The molecular weight excluding hydrogens is 464 g/mol. The first-order chi connectivity index (χ1) is 17.9. The number of carbonyl (C=O) groups excluding carboxylic acids is 2. The molecule has 3 aromatic rings. The molecule has 1 atom stereocenters. The van der Waals surface area contributed by atoms with Crippen molar-refractivity contribution in [1.82, 2.24) is 15.3 Å². The molecule has 2 N–H and O–H groups in total. The summed E-state index contributed by atoms with van der Waals surface area (Å²) in [6.07, 6.45) is 5.51. The smallest absolute Gasteiger partial charge is 0.258 e. The molecule has 2 aliphatic rings. The predicted octanol–water partition coefficient (Wildman–Crippen LogP) is 4.35. The molecule has 8 heteroatoms. The maximum atomic E-state index is 13.0. The Hall–Kier alpha value is -3.94. The molecule has 1 saturated carbocycles. The van der Waals surface area contributed by atoms with Crippen LogP contribution < -0.4 is 20.4 Å². The lowest BCUT2D eigenvalue weighted by Gasteiger charge is -2.30. The van der Waals surface area contributed by atoms with E-state index in [4.69, 9.17) is 0 Å². The van der Waals surface area contributed by atoms with Crippen LogP contribution in [0.2, 0.25) is 0 Å². The summed E-state index contributed by atoms with van der Waals surface area (Å²) in [6.45, 7) is 2.51. The number of benzene rings is 2. The maximum absolute atomic E-state index is 13.0. The molecule has 0 radical (unpaired) electrons. The second-order valence-corrected chi connectivity index (χ2v) is 10.2. The summed E-state index contributed by atoms with van der Waals surface area (Å²) in [5.74, 6) is 1.32. The zero-order chi connectivity index (χ0) is 25.9. The summed E-state index contributed by atoms with van der Waals surface area (Å²) < 4.78 is 0. The SMILES string of the molecule is CC(C(=O)NC1CCC(Nc2nccc(N(C)C)n2)CC1)c1ccc(N2Cc3ccccc3C2=O)cc1. The van der Waals surface area contributed by atoms with Crippen molar-refractivity contribution in [2.24, 2.45) is 0 Å². The van der Waals surface area contributed by atoms with Crippen molar-refractivity contribution < 1.29 is 9.59 Å². The van der Waals surface area contributed by atoms with Gasteiger partial charge in [0.15, 0.2) is 0 Å². The van der Waals surface area contributed by atoms with Crippen LogP contribution in [0.15, 0.2) is 60.8 Å². The van der Waals surface area contributed by atoms with Gasteiger partial charge in [0, 0.05) is 43.6 Å². The first-order valence-electron chi connectivity index (χ1n) is 13.0. The van der Waals surface area contributed by atoms with Gasteiger partial charge in [-0.05, 0) is 68.0 Å². The average molecular weight is 499 g/mol. The highest BCUT2D eigenvalue weighted by atomic mass is 16.2. The molecule has 1 aromatic heterocycles. The van der Waals surface area contributed by atoms with E-state index in [0.717, 1.165) is 53.9 Å². The van der Waals surface area contributed by atoms with Crippen molar-refractivity contribution in [3.63, 3.8) is 0 Å². The van der Waals surface area contributed by atoms with Gasteiger partial charge in [-0.3, -0.25) is 9.59 Å². The molecule has 1 fully saturated rings. The number of anilines is 3. The number of hydrogen-bond donors (Lipinski definition) is 2. The van der Waals surface area contributed by atoms with Crippen molar-refractivity contribution >= 4 is 29.3 Å². The zero-order valence-corrected chi connectivity index (χ0v) is 21.6. The Kier molecular flexibility index (Phi) is 7.08. The number of aromatic nitrogens is 2. The fourth-order valence-corrected chi connectivity index (χ4v) is 5.12. The van der Waals surface area contributed by atoms with Gasteiger partial charge < -0.3 is 20.4 Å². The molecule has 1 unspecified atom stereocenters. The van der Waals surface area contributed by atoms with Crippen LogP contribution in [-0.2, 0) is 11.3 Å². The number of carbonyl (C=O) groups is 2. The summed E-state index contributed by atoms with van der Waals surface area (Å²) in [5.41, 5.74) is 3.60. The van der Waals surface area contributed by atoms with E-state index in [2.05, 4.69) is 20.6 Å². The summed E-state index contributed by atoms with van der Waals surface area (Å²) in [5, 5.41) is 6.69. The van der Waals surface area contributed by atoms with E-state index in [1.165, 1.54) is 0 Å². The van der Waals surface area contributed by atoms with Gasteiger partial charge in [0.05, 0.1) is 12.5 Å². The number of rotatable bonds is 7. The lowest BCUT2D eigenvalue weighted by molar-refractivity contribution is -0.123. The van der Waals surface area contributed by atoms with Gasteiger partial charge in [-0.2, -0.15) is 4.98 Å². The number of amides is 2. The van der Waals surface area contributed by atoms with Gasteiger partial charge in [0.25, 0.3) is 5.91 Å².